The Hall–Kier alpha value is -1.59. The first-order chi connectivity index (χ1) is 6.13. The van der Waals surface area contributed by atoms with Crippen LogP contribution in [0.2, 0.25) is 0 Å². The first kappa shape index (κ1) is 9.50. The fourth-order valence-corrected chi connectivity index (χ4v) is 0.834. The Morgan fingerprint density at radius 1 is 1.77 bits per heavy atom. The third-order valence-electron chi connectivity index (χ3n) is 1.51. The predicted octanol–water partition coefficient (Wildman–Crippen LogP) is 0.961. The van der Waals surface area contributed by atoms with E-state index < -0.39 is 12.1 Å². The van der Waals surface area contributed by atoms with E-state index in [0.29, 0.717) is 18.1 Å². The Balaban J connectivity index is 2.65. The van der Waals surface area contributed by atoms with Gasteiger partial charge in [-0.15, -0.1) is 0 Å². The summed E-state index contributed by atoms with van der Waals surface area (Å²) in [6.45, 7) is 3.53. The molecule has 0 spiro atoms. The molecule has 1 atom stereocenters. The van der Waals surface area contributed by atoms with Gasteiger partial charge in [0.05, 0.1) is 0 Å². The van der Waals surface area contributed by atoms with Crippen molar-refractivity contribution in [2.45, 2.75) is 26.3 Å². The van der Waals surface area contributed by atoms with E-state index in [1.807, 2.05) is 6.92 Å². The predicted molar refractivity (Wildman–Crippen MR) is 43.3 cm³/mol. The van der Waals surface area contributed by atoms with E-state index in [4.69, 9.17) is 9.63 Å². The van der Waals surface area contributed by atoms with Gasteiger partial charge in [-0.1, -0.05) is 12.1 Å². The number of nitrogens with one attached hydrogen (secondary N) is 1. The van der Waals surface area contributed by atoms with Crippen LogP contribution in [-0.2, 0) is 6.42 Å². The number of amides is 1. The molecule has 6 nitrogen and oxygen atoms in total. The molecule has 1 amide bonds. The standard InChI is InChI=1S/C7H11N3O3/c1-3-5-9-6(13-10-5)4(2)8-7(11)12/h4,8H,3H2,1-2H3,(H,11,12). The molecule has 0 aliphatic rings. The maximum Gasteiger partial charge on any atom is 0.405 e. The van der Waals surface area contributed by atoms with Crippen molar-refractivity contribution in [1.29, 1.82) is 0 Å². The second-order valence-corrected chi connectivity index (χ2v) is 2.57. The van der Waals surface area contributed by atoms with E-state index in [1.54, 1.807) is 6.92 Å². The third-order valence-corrected chi connectivity index (χ3v) is 1.51. The SMILES string of the molecule is CCc1noc(C(C)NC(=O)O)n1. The summed E-state index contributed by atoms with van der Waals surface area (Å²) in [7, 11) is 0. The number of carboxylic acid groups (broad SMARTS) is 1. The quantitative estimate of drug-likeness (QED) is 0.732. The van der Waals surface area contributed by atoms with E-state index in [0.717, 1.165) is 0 Å². The highest BCUT2D eigenvalue weighted by Gasteiger charge is 2.14. The van der Waals surface area contributed by atoms with Gasteiger partial charge in [0.1, 0.15) is 6.04 Å². The maximum absolute atomic E-state index is 10.3. The Morgan fingerprint density at radius 2 is 2.46 bits per heavy atom. The molecule has 0 aliphatic carbocycles. The van der Waals surface area contributed by atoms with Crippen LogP contribution in [0.5, 0.6) is 0 Å². The average Bonchev–Trinajstić information content (AvgIpc) is 2.50. The lowest BCUT2D eigenvalue weighted by atomic mass is 10.3. The molecule has 6 heteroatoms. The van der Waals surface area contributed by atoms with Crippen molar-refractivity contribution in [2.24, 2.45) is 0 Å². The van der Waals surface area contributed by atoms with Crippen LogP contribution in [-0.4, -0.2) is 21.3 Å². The van der Waals surface area contributed by atoms with Crippen molar-refractivity contribution in [2.75, 3.05) is 0 Å². The van der Waals surface area contributed by atoms with Gasteiger partial charge in [-0.3, -0.25) is 0 Å². The summed E-state index contributed by atoms with van der Waals surface area (Å²) >= 11 is 0. The zero-order valence-electron chi connectivity index (χ0n) is 7.44. The van der Waals surface area contributed by atoms with Gasteiger partial charge in [0, 0.05) is 6.42 Å². The van der Waals surface area contributed by atoms with Crippen LogP contribution in [0.3, 0.4) is 0 Å². The van der Waals surface area contributed by atoms with Crippen molar-refractivity contribution in [3.05, 3.63) is 11.7 Å². The number of aryl methyl sites for hydroxylation is 1. The van der Waals surface area contributed by atoms with E-state index in [2.05, 4.69) is 15.5 Å². The molecular weight excluding hydrogens is 174 g/mol. The molecule has 1 heterocycles. The minimum atomic E-state index is -1.11. The number of carbonyl (C=O) groups is 1. The monoisotopic (exact) mass is 185 g/mol. The Bertz CT molecular complexity index is 297. The number of nitrogens with zero attached hydrogens (tertiary/aromatic N) is 2. The van der Waals surface area contributed by atoms with E-state index in [-0.39, 0.29) is 0 Å². The van der Waals surface area contributed by atoms with Gasteiger partial charge in [0.25, 0.3) is 0 Å². The van der Waals surface area contributed by atoms with Crippen LogP contribution in [0.25, 0.3) is 0 Å². The van der Waals surface area contributed by atoms with Gasteiger partial charge in [-0.2, -0.15) is 4.98 Å². The molecule has 0 aliphatic heterocycles. The maximum atomic E-state index is 10.3. The summed E-state index contributed by atoms with van der Waals surface area (Å²) in [5.74, 6) is 0.869. The molecule has 0 aromatic carbocycles. The van der Waals surface area contributed by atoms with Crippen LogP contribution in [0.15, 0.2) is 4.52 Å². The molecule has 0 radical (unpaired) electrons. The fourth-order valence-electron chi connectivity index (χ4n) is 0.834. The lowest BCUT2D eigenvalue weighted by Gasteiger charge is -2.04. The minimum Gasteiger partial charge on any atom is -0.465 e. The van der Waals surface area contributed by atoms with Gasteiger partial charge < -0.3 is 14.9 Å². The van der Waals surface area contributed by atoms with Crippen LogP contribution in [0.4, 0.5) is 4.79 Å². The van der Waals surface area contributed by atoms with Gasteiger partial charge in [-0.05, 0) is 6.92 Å². The Kier molecular flexibility index (Phi) is 2.84. The molecule has 2 N–H and O–H groups in total. The van der Waals surface area contributed by atoms with Crippen LogP contribution >= 0.6 is 0 Å². The number of aromatic nitrogens is 2. The van der Waals surface area contributed by atoms with Gasteiger partial charge in [-0.25, -0.2) is 4.79 Å². The van der Waals surface area contributed by atoms with E-state index >= 15 is 0 Å². The normalized spacial score (nSPS) is 12.5. The number of hydrogen-bond donors (Lipinski definition) is 2. The molecule has 1 rings (SSSR count). The van der Waals surface area contributed by atoms with Crippen molar-refractivity contribution >= 4 is 6.09 Å². The molecule has 0 saturated carbocycles. The van der Waals surface area contributed by atoms with Crippen LogP contribution in [0.1, 0.15) is 31.6 Å². The summed E-state index contributed by atoms with van der Waals surface area (Å²) in [4.78, 5) is 14.2. The second kappa shape index (κ2) is 3.88. The van der Waals surface area contributed by atoms with Crippen LogP contribution in [0, 0.1) is 0 Å². The van der Waals surface area contributed by atoms with Crippen LogP contribution < -0.4 is 5.32 Å². The van der Waals surface area contributed by atoms with E-state index in [1.165, 1.54) is 0 Å². The molecule has 0 fully saturated rings. The van der Waals surface area contributed by atoms with Crippen molar-refractivity contribution in [3.8, 4) is 0 Å². The van der Waals surface area contributed by atoms with E-state index in [9.17, 15) is 4.79 Å². The molecule has 1 aromatic heterocycles. The van der Waals surface area contributed by atoms with Gasteiger partial charge in [0.15, 0.2) is 5.82 Å². The molecular formula is C7H11N3O3. The largest absolute Gasteiger partial charge is 0.465 e. The molecule has 1 unspecified atom stereocenters. The summed E-state index contributed by atoms with van der Waals surface area (Å²) < 4.78 is 4.83. The highest BCUT2D eigenvalue weighted by atomic mass is 16.5. The third kappa shape index (κ3) is 2.43. The van der Waals surface area contributed by atoms with Gasteiger partial charge in [0.2, 0.25) is 5.89 Å². The Labute approximate surface area is 74.9 Å². The molecule has 13 heavy (non-hydrogen) atoms. The zero-order valence-corrected chi connectivity index (χ0v) is 7.44. The second-order valence-electron chi connectivity index (χ2n) is 2.57. The molecule has 0 saturated heterocycles. The average molecular weight is 185 g/mol. The summed E-state index contributed by atoms with van der Waals surface area (Å²) in [6.07, 6.45) is -0.438. The van der Waals surface area contributed by atoms with Gasteiger partial charge >= 0.3 is 6.09 Å². The topological polar surface area (TPSA) is 88.2 Å². The van der Waals surface area contributed by atoms with Crippen molar-refractivity contribution in [1.82, 2.24) is 15.5 Å². The lowest BCUT2D eigenvalue weighted by molar-refractivity contribution is 0.187. The zero-order chi connectivity index (χ0) is 9.84. The smallest absolute Gasteiger partial charge is 0.405 e. The molecule has 72 valence electrons. The summed E-state index contributed by atoms with van der Waals surface area (Å²) in [5.41, 5.74) is 0. The summed E-state index contributed by atoms with van der Waals surface area (Å²) in [6, 6.07) is -0.467. The summed E-state index contributed by atoms with van der Waals surface area (Å²) in [5, 5.41) is 14.3. The van der Waals surface area contributed by atoms with Crippen molar-refractivity contribution in [3.63, 3.8) is 0 Å². The molecule has 1 aromatic rings. The minimum absolute atomic E-state index is 0.291. The lowest BCUT2D eigenvalue weighted by Crippen LogP contribution is -2.24. The first-order valence-electron chi connectivity index (χ1n) is 3.95. The number of hydrogen-bond acceptors (Lipinski definition) is 4. The fraction of sp³-hybridized carbons (Fsp3) is 0.571. The highest BCUT2D eigenvalue weighted by Crippen LogP contribution is 2.08. The van der Waals surface area contributed by atoms with Crippen molar-refractivity contribution < 1.29 is 14.4 Å². The molecule has 0 bridgehead atoms. The number of rotatable bonds is 3. The highest BCUT2D eigenvalue weighted by molar-refractivity contribution is 5.64. The first-order valence-corrected chi connectivity index (χ1v) is 3.95. The Morgan fingerprint density at radius 3 is 2.92 bits per heavy atom.